The van der Waals surface area contributed by atoms with E-state index in [1.807, 2.05) is 87.5 Å². The van der Waals surface area contributed by atoms with E-state index in [0.717, 1.165) is 32.8 Å². The van der Waals surface area contributed by atoms with Gasteiger partial charge < -0.3 is 10.2 Å². The average molecular weight is 564 g/mol. The first kappa shape index (κ1) is 30.9. The van der Waals surface area contributed by atoms with Gasteiger partial charge in [-0.15, -0.1) is 0 Å². The van der Waals surface area contributed by atoms with E-state index in [-0.39, 0.29) is 24.4 Å². The molecular formula is C32H41N3O4S. The first-order valence-electron chi connectivity index (χ1n) is 13.6. The van der Waals surface area contributed by atoms with Crippen molar-refractivity contribution in [1.29, 1.82) is 0 Å². The molecule has 0 unspecified atom stereocenters. The smallest absolute Gasteiger partial charge is 0.244 e. The molecule has 0 aliphatic carbocycles. The second-order valence-electron chi connectivity index (χ2n) is 10.8. The molecule has 0 aliphatic rings. The molecule has 0 heterocycles. The lowest BCUT2D eigenvalue weighted by atomic mass is 10.0. The second kappa shape index (κ2) is 13.6. The van der Waals surface area contributed by atoms with Gasteiger partial charge in [-0.1, -0.05) is 80.6 Å². The Balaban J connectivity index is 2.05. The van der Waals surface area contributed by atoms with Crippen LogP contribution in [-0.2, 0) is 32.6 Å². The molecule has 0 saturated carbocycles. The number of nitrogens with one attached hydrogen (secondary N) is 1. The Morgan fingerprint density at radius 2 is 1.45 bits per heavy atom. The zero-order valence-electron chi connectivity index (χ0n) is 24.3. The molecular weight excluding hydrogens is 522 g/mol. The zero-order chi connectivity index (χ0) is 29.4. The summed E-state index contributed by atoms with van der Waals surface area (Å²) in [7, 11) is -3.80. The van der Waals surface area contributed by atoms with Crippen molar-refractivity contribution in [3.8, 4) is 0 Å². The van der Waals surface area contributed by atoms with Gasteiger partial charge in [0.1, 0.15) is 12.6 Å². The highest BCUT2D eigenvalue weighted by Crippen LogP contribution is 2.24. The Morgan fingerprint density at radius 3 is 2.00 bits per heavy atom. The molecule has 1 atom stereocenters. The first-order valence-corrected chi connectivity index (χ1v) is 15.5. The van der Waals surface area contributed by atoms with E-state index in [1.165, 1.54) is 4.90 Å². The number of aryl methyl sites for hydroxylation is 1. The van der Waals surface area contributed by atoms with Gasteiger partial charge in [-0.2, -0.15) is 0 Å². The number of anilines is 1. The van der Waals surface area contributed by atoms with Crippen molar-refractivity contribution in [2.75, 3.05) is 17.1 Å². The lowest BCUT2D eigenvalue weighted by Gasteiger charge is -2.34. The molecule has 7 nitrogen and oxygen atoms in total. The summed E-state index contributed by atoms with van der Waals surface area (Å²) in [5.41, 5.74) is 4.24. The minimum atomic E-state index is -3.80. The number of benzene rings is 3. The SMILES string of the molecule is Cc1ccccc1CN(C(=O)CN(c1ccc(C(C)C)cc1)S(C)(=O)=O)[C@@H](Cc1ccccc1)C(=O)NC(C)C. The summed E-state index contributed by atoms with van der Waals surface area (Å²) in [6.07, 6.45) is 1.38. The number of carbonyl (C=O) groups excluding carboxylic acids is 2. The maximum absolute atomic E-state index is 14.1. The summed E-state index contributed by atoms with van der Waals surface area (Å²) < 4.78 is 27.0. The van der Waals surface area contributed by atoms with E-state index in [4.69, 9.17) is 0 Å². The molecule has 3 aromatic carbocycles. The standard InChI is InChI=1S/C32H41N3O4S/c1-23(2)27-16-18-29(19-17-27)35(40(6,38)39)22-31(36)34(21-28-15-11-10-12-25(28)5)30(32(37)33-24(3)4)20-26-13-8-7-9-14-26/h7-19,23-24,30H,20-22H2,1-6H3,(H,33,37)/t30-/m0/s1. The van der Waals surface area contributed by atoms with Gasteiger partial charge in [-0.25, -0.2) is 8.42 Å². The van der Waals surface area contributed by atoms with Gasteiger partial charge in [0.05, 0.1) is 11.9 Å². The van der Waals surface area contributed by atoms with E-state index in [1.54, 1.807) is 12.1 Å². The van der Waals surface area contributed by atoms with Gasteiger partial charge in [-0.3, -0.25) is 13.9 Å². The van der Waals surface area contributed by atoms with Gasteiger partial charge in [0, 0.05) is 19.0 Å². The molecule has 8 heteroatoms. The molecule has 0 bridgehead atoms. The normalized spacial score (nSPS) is 12.3. The van der Waals surface area contributed by atoms with Crippen LogP contribution in [0.1, 0.15) is 55.9 Å². The Hall–Kier alpha value is -3.65. The predicted octanol–water partition coefficient (Wildman–Crippen LogP) is 5.05. The van der Waals surface area contributed by atoms with Crippen molar-refractivity contribution in [3.63, 3.8) is 0 Å². The number of hydrogen-bond acceptors (Lipinski definition) is 4. The largest absolute Gasteiger partial charge is 0.352 e. The highest BCUT2D eigenvalue weighted by Gasteiger charge is 2.33. The number of carbonyl (C=O) groups is 2. The Bertz CT molecular complexity index is 1390. The molecule has 40 heavy (non-hydrogen) atoms. The van der Waals surface area contributed by atoms with Crippen molar-refractivity contribution in [1.82, 2.24) is 10.2 Å². The highest BCUT2D eigenvalue weighted by atomic mass is 32.2. The van der Waals surface area contributed by atoms with Crippen molar-refractivity contribution in [2.24, 2.45) is 0 Å². The Kier molecular flexibility index (Phi) is 10.5. The van der Waals surface area contributed by atoms with Crippen LogP contribution in [0, 0.1) is 6.92 Å². The second-order valence-corrected chi connectivity index (χ2v) is 12.7. The van der Waals surface area contributed by atoms with E-state index in [2.05, 4.69) is 19.2 Å². The molecule has 1 N–H and O–H groups in total. The van der Waals surface area contributed by atoms with Crippen LogP contribution in [0.3, 0.4) is 0 Å². The topological polar surface area (TPSA) is 86.8 Å². The van der Waals surface area contributed by atoms with Crippen LogP contribution in [0.25, 0.3) is 0 Å². The Labute approximate surface area is 239 Å². The first-order chi connectivity index (χ1) is 18.9. The molecule has 0 saturated heterocycles. The minimum absolute atomic E-state index is 0.131. The van der Waals surface area contributed by atoms with Crippen LogP contribution in [0.5, 0.6) is 0 Å². The molecule has 214 valence electrons. The van der Waals surface area contributed by atoms with Crippen LogP contribution in [0.4, 0.5) is 5.69 Å². The van der Waals surface area contributed by atoms with Crippen LogP contribution in [-0.4, -0.2) is 50.0 Å². The zero-order valence-corrected chi connectivity index (χ0v) is 25.1. The van der Waals surface area contributed by atoms with E-state index >= 15 is 0 Å². The monoisotopic (exact) mass is 563 g/mol. The molecule has 3 aromatic rings. The van der Waals surface area contributed by atoms with Crippen molar-refractivity contribution < 1.29 is 18.0 Å². The summed E-state index contributed by atoms with van der Waals surface area (Å²) in [4.78, 5) is 29.2. The van der Waals surface area contributed by atoms with Gasteiger partial charge in [0.2, 0.25) is 21.8 Å². The van der Waals surface area contributed by atoms with Gasteiger partial charge in [-0.05, 0) is 61.1 Å². The van der Waals surface area contributed by atoms with Gasteiger partial charge in [0.15, 0.2) is 0 Å². The minimum Gasteiger partial charge on any atom is -0.352 e. The fraction of sp³-hybridized carbons (Fsp3) is 0.375. The van der Waals surface area contributed by atoms with E-state index in [9.17, 15) is 18.0 Å². The lowest BCUT2D eigenvalue weighted by molar-refractivity contribution is -0.140. The molecule has 0 radical (unpaired) electrons. The lowest BCUT2D eigenvalue weighted by Crippen LogP contribution is -2.54. The molecule has 0 spiro atoms. The quantitative estimate of drug-likeness (QED) is 0.334. The van der Waals surface area contributed by atoms with E-state index < -0.39 is 28.5 Å². The van der Waals surface area contributed by atoms with E-state index in [0.29, 0.717) is 12.1 Å². The maximum Gasteiger partial charge on any atom is 0.244 e. The third kappa shape index (κ3) is 8.42. The summed E-state index contributed by atoms with van der Waals surface area (Å²) >= 11 is 0. The number of nitrogens with zero attached hydrogens (tertiary/aromatic N) is 2. The summed E-state index contributed by atoms with van der Waals surface area (Å²) in [5.74, 6) is -0.459. The molecule has 2 amide bonds. The number of sulfonamides is 1. The van der Waals surface area contributed by atoms with Crippen molar-refractivity contribution in [2.45, 2.75) is 65.6 Å². The molecule has 0 aromatic heterocycles. The van der Waals surface area contributed by atoms with Gasteiger partial charge >= 0.3 is 0 Å². The Morgan fingerprint density at radius 1 is 0.850 bits per heavy atom. The maximum atomic E-state index is 14.1. The fourth-order valence-corrected chi connectivity index (χ4v) is 5.39. The number of amides is 2. The van der Waals surface area contributed by atoms with Crippen LogP contribution in [0.2, 0.25) is 0 Å². The predicted molar refractivity (Wildman–Crippen MR) is 162 cm³/mol. The summed E-state index contributed by atoms with van der Waals surface area (Å²) in [5, 5.41) is 2.97. The van der Waals surface area contributed by atoms with Crippen LogP contribution in [0.15, 0.2) is 78.9 Å². The number of hydrogen-bond donors (Lipinski definition) is 1. The summed E-state index contributed by atoms with van der Waals surface area (Å²) in [6.45, 7) is 9.56. The van der Waals surface area contributed by atoms with Crippen molar-refractivity contribution in [3.05, 3.63) is 101 Å². The molecule has 0 fully saturated rings. The highest BCUT2D eigenvalue weighted by molar-refractivity contribution is 7.92. The fourth-order valence-electron chi connectivity index (χ4n) is 4.54. The number of rotatable bonds is 12. The third-order valence-corrected chi connectivity index (χ3v) is 7.97. The molecule has 3 rings (SSSR count). The van der Waals surface area contributed by atoms with Crippen molar-refractivity contribution >= 4 is 27.5 Å². The molecule has 0 aliphatic heterocycles. The van der Waals surface area contributed by atoms with Crippen LogP contribution < -0.4 is 9.62 Å². The average Bonchev–Trinajstić information content (AvgIpc) is 2.89. The summed E-state index contributed by atoms with van der Waals surface area (Å²) in [6, 6.07) is 23.5. The van der Waals surface area contributed by atoms with Crippen LogP contribution >= 0.6 is 0 Å². The van der Waals surface area contributed by atoms with Gasteiger partial charge in [0.25, 0.3) is 0 Å². The third-order valence-electron chi connectivity index (χ3n) is 6.83.